The highest BCUT2D eigenvalue weighted by Crippen LogP contribution is 2.24. The Kier molecular flexibility index (Phi) is 5.20. The van der Waals surface area contributed by atoms with Crippen molar-refractivity contribution in [3.63, 3.8) is 0 Å². The highest BCUT2D eigenvalue weighted by molar-refractivity contribution is 5.95. The topological polar surface area (TPSA) is 65.2 Å². The average molecular weight is 393 g/mol. The van der Waals surface area contributed by atoms with Crippen LogP contribution in [0.2, 0.25) is 0 Å². The van der Waals surface area contributed by atoms with Crippen LogP contribution in [0.15, 0.2) is 47.3 Å². The molecule has 0 unspecified atom stereocenters. The Labute approximate surface area is 168 Å². The van der Waals surface area contributed by atoms with Crippen molar-refractivity contribution in [3.05, 3.63) is 69.8 Å². The number of nitrogens with zero attached hydrogens (tertiary/aromatic N) is 1. The van der Waals surface area contributed by atoms with Gasteiger partial charge in [-0.1, -0.05) is 12.1 Å². The lowest BCUT2D eigenvalue weighted by atomic mass is 10.0. The van der Waals surface area contributed by atoms with E-state index in [1.54, 1.807) is 19.1 Å². The van der Waals surface area contributed by atoms with E-state index in [2.05, 4.69) is 10.3 Å². The van der Waals surface area contributed by atoms with Crippen molar-refractivity contribution >= 4 is 16.7 Å². The van der Waals surface area contributed by atoms with Gasteiger partial charge in [-0.2, -0.15) is 0 Å². The Balaban J connectivity index is 1.62. The summed E-state index contributed by atoms with van der Waals surface area (Å²) in [6.07, 6.45) is 1.91. The van der Waals surface area contributed by atoms with E-state index in [1.165, 1.54) is 12.1 Å². The molecule has 1 aliphatic heterocycles. The lowest BCUT2D eigenvalue weighted by molar-refractivity contribution is 0.0703. The molecule has 150 valence electrons. The molecule has 2 aromatic carbocycles. The van der Waals surface area contributed by atoms with Crippen LogP contribution in [0.3, 0.4) is 0 Å². The van der Waals surface area contributed by atoms with Gasteiger partial charge in [0, 0.05) is 24.3 Å². The van der Waals surface area contributed by atoms with E-state index in [0.29, 0.717) is 22.2 Å². The number of H-pyrrole nitrogens is 1. The van der Waals surface area contributed by atoms with Crippen molar-refractivity contribution in [2.45, 2.75) is 25.8 Å². The number of hydrogen-bond acceptors (Lipinski definition) is 3. The largest absolute Gasteiger partial charge is 0.339 e. The average Bonchev–Trinajstić information content (AvgIpc) is 2.74. The lowest BCUT2D eigenvalue weighted by Gasteiger charge is -2.31. The third-order valence-electron chi connectivity index (χ3n) is 5.75. The first-order chi connectivity index (χ1) is 13.9. The molecule has 1 aromatic heterocycles. The number of rotatable bonds is 3. The van der Waals surface area contributed by atoms with Crippen LogP contribution >= 0.6 is 0 Å². The van der Waals surface area contributed by atoms with Gasteiger partial charge in [0.25, 0.3) is 11.5 Å². The van der Waals surface area contributed by atoms with E-state index in [0.717, 1.165) is 36.9 Å². The molecule has 0 spiro atoms. The number of halogens is 1. The zero-order chi connectivity index (χ0) is 20.5. The first kappa shape index (κ1) is 19.3. The number of aryl methyl sites for hydroxylation is 1. The van der Waals surface area contributed by atoms with Crippen molar-refractivity contribution in [1.29, 1.82) is 0 Å². The van der Waals surface area contributed by atoms with Crippen molar-refractivity contribution < 1.29 is 9.18 Å². The van der Waals surface area contributed by atoms with Crippen LogP contribution in [0.1, 0.15) is 28.8 Å². The highest BCUT2D eigenvalue weighted by atomic mass is 19.1. The van der Waals surface area contributed by atoms with Gasteiger partial charge >= 0.3 is 0 Å². The molecule has 1 fully saturated rings. The monoisotopic (exact) mass is 393 g/mol. The molecule has 0 radical (unpaired) electrons. The number of carbonyl (C=O) groups is 1. The van der Waals surface area contributed by atoms with Crippen molar-refractivity contribution in [3.8, 4) is 11.3 Å². The Hall–Kier alpha value is -2.99. The van der Waals surface area contributed by atoms with Gasteiger partial charge in [0.15, 0.2) is 0 Å². The van der Waals surface area contributed by atoms with E-state index in [-0.39, 0.29) is 17.5 Å². The number of piperidine rings is 1. The van der Waals surface area contributed by atoms with E-state index in [9.17, 15) is 14.0 Å². The highest BCUT2D eigenvalue weighted by Gasteiger charge is 2.22. The molecule has 3 aromatic rings. The molecule has 2 N–H and O–H groups in total. The third kappa shape index (κ3) is 3.80. The maximum absolute atomic E-state index is 13.6. The van der Waals surface area contributed by atoms with Crippen LogP contribution in [-0.4, -0.2) is 42.0 Å². The number of fused-ring (bicyclic) bond motifs is 1. The third-order valence-corrected chi connectivity index (χ3v) is 5.75. The lowest BCUT2D eigenvalue weighted by Crippen LogP contribution is -2.43. The molecule has 5 nitrogen and oxygen atoms in total. The molecule has 2 heterocycles. The molecule has 29 heavy (non-hydrogen) atoms. The molecule has 1 saturated heterocycles. The normalized spacial score (nSPS) is 14.9. The van der Waals surface area contributed by atoms with E-state index >= 15 is 0 Å². The SMILES string of the molecule is Cc1cc(F)cc2c(=O)[nH]c(-c3ccc(C(=O)N(C)C4CCNCC4)cc3)cc12. The molecular formula is C23H24FN3O2. The molecule has 6 heteroatoms. The zero-order valence-corrected chi connectivity index (χ0v) is 16.6. The number of pyridine rings is 1. The van der Waals surface area contributed by atoms with Gasteiger partial charge < -0.3 is 15.2 Å². The van der Waals surface area contributed by atoms with Crippen molar-refractivity contribution in [2.24, 2.45) is 0 Å². The van der Waals surface area contributed by atoms with Crippen LogP contribution in [0.5, 0.6) is 0 Å². The molecule has 0 aliphatic carbocycles. The fraction of sp³-hybridized carbons (Fsp3) is 0.304. The first-order valence-corrected chi connectivity index (χ1v) is 9.85. The zero-order valence-electron chi connectivity index (χ0n) is 16.6. The molecule has 1 amide bonds. The number of aromatic nitrogens is 1. The molecule has 0 saturated carbocycles. The Morgan fingerprint density at radius 3 is 2.45 bits per heavy atom. The maximum Gasteiger partial charge on any atom is 0.256 e. The summed E-state index contributed by atoms with van der Waals surface area (Å²) in [5.74, 6) is -0.421. The maximum atomic E-state index is 13.6. The number of carbonyl (C=O) groups excluding carboxylic acids is 1. The summed E-state index contributed by atoms with van der Waals surface area (Å²) in [4.78, 5) is 29.9. The van der Waals surface area contributed by atoms with E-state index in [4.69, 9.17) is 0 Å². The minimum absolute atomic E-state index is 0.00164. The van der Waals surface area contributed by atoms with Crippen LogP contribution < -0.4 is 10.9 Å². The van der Waals surface area contributed by atoms with Gasteiger partial charge in [-0.25, -0.2) is 4.39 Å². The Morgan fingerprint density at radius 2 is 1.76 bits per heavy atom. The summed E-state index contributed by atoms with van der Waals surface area (Å²) in [7, 11) is 1.86. The number of amides is 1. The summed E-state index contributed by atoms with van der Waals surface area (Å²) in [5, 5.41) is 4.36. The summed E-state index contributed by atoms with van der Waals surface area (Å²) < 4.78 is 13.6. The van der Waals surface area contributed by atoms with Crippen LogP contribution in [0.25, 0.3) is 22.0 Å². The number of nitrogens with one attached hydrogen (secondary N) is 2. The van der Waals surface area contributed by atoms with Gasteiger partial charge in [0.1, 0.15) is 5.82 Å². The van der Waals surface area contributed by atoms with Crippen molar-refractivity contribution in [1.82, 2.24) is 15.2 Å². The predicted octanol–water partition coefficient (Wildman–Crippen LogP) is 3.47. The molecular weight excluding hydrogens is 369 g/mol. The number of benzene rings is 2. The number of aromatic amines is 1. The van der Waals surface area contributed by atoms with Gasteiger partial charge in [-0.05, 0) is 79.7 Å². The fourth-order valence-electron chi connectivity index (χ4n) is 4.02. The quantitative estimate of drug-likeness (QED) is 0.716. The minimum Gasteiger partial charge on any atom is -0.339 e. The minimum atomic E-state index is -0.422. The predicted molar refractivity (Wildman–Crippen MR) is 113 cm³/mol. The summed E-state index contributed by atoms with van der Waals surface area (Å²) in [5.41, 5.74) is 2.45. The molecule has 0 atom stereocenters. The molecule has 1 aliphatic rings. The van der Waals surface area contributed by atoms with Gasteiger partial charge in [0.05, 0.1) is 5.39 Å². The van der Waals surface area contributed by atoms with Gasteiger partial charge in [-0.15, -0.1) is 0 Å². The van der Waals surface area contributed by atoms with Crippen LogP contribution in [-0.2, 0) is 0 Å². The van der Waals surface area contributed by atoms with E-state index in [1.807, 2.05) is 30.1 Å². The number of hydrogen-bond donors (Lipinski definition) is 2. The standard InChI is InChI=1S/C23H24FN3O2/c1-14-11-17(24)12-20-19(14)13-21(26-22(20)28)15-3-5-16(6-4-15)23(29)27(2)18-7-9-25-10-8-18/h3-6,11-13,18,25H,7-10H2,1-2H3,(H,26,28). The van der Waals surface area contributed by atoms with Crippen LogP contribution in [0, 0.1) is 12.7 Å². The van der Waals surface area contributed by atoms with Crippen molar-refractivity contribution in [2.75, 3.05) is 20.1 Å². The summed E-state index contributed by atoms with van der Waals surface area (Å²) in [6, 6.07) is 12.0. The Morgan fingerprint density at radius 1 is 1.07 bits per heavy atom. The van der Waals surface area contributed by atoms with Gasteiger partial charge in [-0.3, -0.25) is 9.59 Å². The first-order valence-electron chi connectivity index (χ1n) is 9.85. The second kappa shape index (κ2) is 7.79. The smallest absolute Gasteiger partial charge is 0.256 e. The summed E-state index contributed by atoms with van der Waals surface area (Å²) >= 11 is 0. The second-order valence-corrected chi connectivity index (χ2v) is 7.67. The Bertz CT molecular complexity index is 1120. The fourth-order valence-corrected chi connectivity index (χ4v) is 4.02. The van der Waals surface area contributed by atoms with E-state index < -0.39 is 5.82 Å². The molecule has 0 bridgehead atoms. The molecule has 4 rings (SSSR count). The van der Waals surface area contributed by atoms with Crippen LogP contribution in [0.4, 0.5) is 4.39 Å². The summed E-state index contributed by atoms with van der Waals surface area (Å²) in [6.45, 7) is 3.65. The van der Waals surface area contributed by atoms with Gasteiger partial charge in [0.2, 0.25) is 0 Å². The second-order valence-electron chi connectivity index (χ2n) is 7.67.